The fraction of sp³-hybridized carbons (Fsp3) is 0.533. The normalized spacial score (nSPS) is 15.7. The van der Waals surface area contributed by atoms with Crippen LogP contribution in [0.1, 0.15) is 38.7 Å². The first-order chi connectivity index (χ1) is 9.45. The van der Waals surface area contributed by atoms with Crippen molar-refractivity contribution in [2.45, 2.75) is 51.3 Å². The quantitative estimate of drug-likeness (QED) is 0.598. The molecule has 0 spiro atoms. The molecule has 0 aliphatic carbocycles. The topological polar surface area (TPSA) is 64.3 Å². The zero-order valence-electron chi connectivity index (χ0n) is 12.4. The molecular formula is C15H25N2O2P. The summed E-state index contributed by atoms with van der Waals surface area (Å²) in [7, 11) is 2.39. The Hall–Kier alpha value is -0.960. The minimum atomic E-state index is -0.376. The van der Waals surface area contributed by atoms with Crippen LogP contribution in [-0.4, -0.2) is 24.2 Å². The summed E-state index contributed by atoms with van der Waals surface area (Å²) in [4.78, 5) is 12.0. The zero-order chi connectivity index (χ0) is 15.1. The first-order valence-corrected chi connectivity index (χ1v) is 7.50. The number of hydrogen-bond donors (Lipinski definition) is 2. The standard InChI is InChI=1S/C15H25N2O2P/c1-10(2)19-15(18)14(17-20)9-13(11(3)16)12-7-5-4-6-8-12/h4-8,10-11,13-14,17H,9,16,20H2,1-3H3/t11-,13+,14+/m1/s1. The van der Waals surface area contributed by atoms with E-state index in [1.165, 1.54) is 0 Å². The second kappa shape index (κ2) is 8.35. The predicted molar refractivity (Wildman–Crippen MR) is 85.3 cm³/mol. The van der Waals surface area contributed by atoms with Gasteiger partial charge in [-0.15, -0.1) is 0 Å². The molecule has 1 aromatic rings. The molecule has 5 heteroatoms. The van der Waals surface area contributed by atoms with Gasteiger partial charge in [0.2, 0.25) is 0 Å². The fourth-order valence-electron chi connectivity index (χ4n) is 2.16. The molecule has 1 rings (SSSR count). The van der Waals surface area contributed by atoms with Crippen LogP contribution in [0.25, 0.3) is 0 Å². The third-order valence-electron chi connectivity index (χ3n) is 3.19. The maximum Gasteiger partial charge on any atom is 0.323 e. The number of nitrogens with two attached hydrogens (primary N) is 1. The van der Waals surface area contributed by atoms with Crippen LogP contribution in [0.4, 0.5) is 0 Å². The van der Waals surface area contributed by atoms with Gasteiger partial charge in [-0.25, -0.2) is 0 Å². The SMILES string of the molecule is CC(C)OC(=O)[C@H](C[C@H](c1ccccc1)[C@@H](C)N)NP. The van der Waals surface area contributed by atoms with Crippen molar-refractivity contribution in [2.24, 2.45) is 5.73 Å². The molecule has 112 valence electrons. The summed E-state index contributed by atoms with van der Waals surface area (Å²) in [5, 5.41) is 2.95. The van der Waals surface area contributed by atoms with Gasteiger partial charge in [0.05, 0.1) is 6.10 Å². The number of benzene rings is 1. The van der Waals surface area contributed by atoms with E-state index in [9.17, 15) is 4.79 Å². The van der Waals surface area contributed by atoms with Crippen LogP contribution >= 0.6 is 9.39 Å². The van der Waals surface area contributed by atoms with Crippen LogP contribution in [0.3, 0.4) is 0 Å². The van der Waals surface area contributed by atoms with Crippen molar-refractivity contribution < 1.29 is 9.53 Å². The lowest BCUT2D eigenvalue weighted by atomic mass is 9.87. The van der Waals surface area contributed by atoms with Gasteiger partial charge in [0.15, 0.2) is 0 Å². The predicted octanol–water partition coefficient (Wildman–Crippen LogP) is 2.21. The molecule has 0 aliphatic rings. The number of nitrogens with one attached hydrogen (secondary N) is 1. The van der Waals surface area contributed by atoms with Crippen molar-refractivity contribution in [1.29, 1.82) is 0 Å². The summed E-state index contributed by atoms with van der Waals surface area (Å²) < 4.78 is 5.26. The molecule has 0 radical (unpaired) electrons. The molecule has 0 saturated carbocycles. The fourth-order valence-corrected chi connectivity index (χ4v) is 2.43. The lowest BCUT2D eigenvalue weighted by Gasteiger charge is -2.26. The molecule has 3 N–H and O–H groups in total. The molecule has 0 amide bonds. The van der Waals surface area contributed by atoms with Gasteiger partial charge in [0.1, 0.15) is 6.04 Å². The molecule has 0 aliphatic heterocycles. The lowest BCUT2D eigenvalue weighted by Crippen LogP contribution is -2.38. The van der Waals surface area contributed by atoms with E-state index in [4.69, 9.17) is 10.5 Å². The van der Waals surface area contributed by atoms with Gasteiger partial charge in [0, 0.05) is 12.0 Å². The second-order valence-electron chi connectivity index (χ2n) is 5.32. The van der Waals surface area contributed by atoms with Crippen molar-refractivity contribution in [3.05, 3.63) is 35.9 Å². The molecule has 1 aromatic carbocycles. The van der Waals surface area contributed by atoms with Crippen LogP contribution in [0, 0.1) is 0 Å². The summed E-state index contributed by atoms with van der Waals surface area (Å²) in [6.07, 6.45) is 0.491. The van der Waals surface area contributed by atoms with Gasteiger partial charge < -0.3 is 10.5 Å². The van der Waals surface area contributed by atoms with Crippen molar-refractivity contribution in [3.63, 3.8) is 0 Å². The van der Waals surface area contributed by atoms with Gasteiger partial charge in [-0.1, -0.05) is 39.7 Å². The highest BCUT2D eigenvalue weighted by Gasteiger charge is 2.26. The van der Waals surface area contributed by atoms with Crippen LogP contribution in [0.5, 0.6) is 0 Å². The van der Waals surface area contributed by atoms with Crippen molar-refractivity contribution >= 4 is 15.4 Å². The molecule has 20 heavy (non-hydrogen) atoms. The maximum atomic E-state index is 12.0. The Balaban J connectivity index is 2.81. The first kappa shape index (κ1) is 17.1. The molecular weight excluding hydrogens is 271 g/mol. The minimum Gasteiger partial charge on any atom is -0.462 e. The first-order valence-electron chi connectivity index (χ1n) is 6.92. The van der Waals surface area contributed by atoms with E-state index in [1.807, 2.05) is 51.1 Å². The third-order valence-corrected chi connectivity index (χ3v) is 3.59. The summed E-state index contributed by atoms with van der Waals surface area (Å²) in [6, 6.07) is 9.62. The maximum absolute atomic E-state index is 12.0. The van der Waals surface area contributed by atoms with Crippen molar-refractivity contribution in [1.82, 2.24) is 5.09 Å². The van der Waals surface area contributed by atoms with Crippen molar-refractivity contribution in [2.75, 3.05) is 0 Å². The lowest BCUT2D eigenvalue weighted by molar-refractivity contribution is -0.149. The van der Waals surface area contributed by atoms with Gasteiger partial charge in [-0.3, -0.25) is 9.88 Å². The van der Waals surface area contributed by atoms with Crippen LogP contribution in [-0.2, 0) is 9.53 Å². The van der Waals surface area contributed by atoms with Crippen LogP contribution < -0.4 is 10.8 Å². The van der Waals surface area contributed by atoms with Gasteiger partial charge in [0.25, 0.3) is 0 Å². The molecule has 4 atom stereocenters. The highest BCUT2D eigenvalue weighted by Crippen LogP contribution is 2.25. The summed E-state index contributed by atoms with van der Waals surface area (Å²) in [5.41, 5.74) is 7.23. The highest BCUT2D eigenvalue weighted by atomic mass is 31.0. The van der Waals surface area contributed by atoms with E-state index in [-0.39, 0.29) is 30.1 Å². The summed E-state index contributed by atoms with van der Waals surface area (Å²) in [6.45, 7) is 5.65. The van der Waals surface area contributed by atoms with E-state index in [0.717, 1.165) is 5.56 Å². The number of carbonyl (C=O) groups is 1. The number of esters is 1. The van der Waals surface area contributed by atoms with Crippen molar-refractivity contribution in [3.8, 4) is 0 Å². The van der Waals surface area contributed by atoms with Crippen LogP contribution in [0.2, 0.25) is 0 Å². The summed E-state index contributed by atoms with van der Waals surface area (Å²) >= 11 is 0. The van der Waals surface area contributed by atoms with Gasteiger partial charge >= 0.3 is 5.97 Å². The Morgan fingerprint density at radius 1 is 1.30 bits per heavy atom. The van der Waals surface area contributed by atoms with Gasteiger partial charge in [-0.2, -0.15) is 0 Å². The van der Waals surface area contributed by atoms with E-state index in [1.54, 1.807) is 0 Å². The summed E-state index contributed by atoms with van der Waals surface area (Å²) in [5.74, 6) is -0.134. The highest BCUT2D eigenvalue weighted by molar-refractivity contribution is 7.13. The average molecular weight is 296 g/mol. The second-order valence-corrected chi connectivity index (χ2v) is 5.65. The number of ether oxygens (including phenoxy) is 1. The number of carbonyl (C=O) groups excluding carboxylic acids is 1. The monoisotopic (exact) mass is 296 g/mol. The molecule has 0 aromatic heterocycles. The molecule has 0 saturated heterocycles. The number of rotatable bonds is 7. The molecule has 1 unspecified atom stereocenters. The van der Waals surface area contributed by atoms with E-state index in [0.29, 0.717) is 6.42 Å². The van der Waals surface area contributed by atoms with E-state index >= 15 is 0 Å². The smallest absolute Gasteiger partial charge is 0.323 e. The molecule has 0 bridgehead atoms. The molecule has 0 heterocycles. The Morgan fingerprint density at radius 2 is 1.90 bits per heavy atom. The van der Waals surface area contributed by atoms with E-state index < -0.39 is 0 Å². The zero-order valence-corrected chi connectivity index (χ0v) is 13.5. The Labute approximate surface area is 123 Å². The molecule has 0 fully saturated rings. The van der Waals surface area contributed by atoms with Gasteiger partial charge in [-0.05, 0) is 32.8 Å². The minimum absolute atomic E-state index is 0.0369. The molecule has 4 nitrogen and oxygen atoms in total. The Morgan fingerprint density at radius 3 is 2.35 bits per heavy atom. The van der Waals surface area contributed by atoms with E-state index in [2.05, 4.69) is 14.5 Å². The van der Waals surface area contributed by atoms with Crippen LogP contribution in [0.15, 0.2) is 30.3 Å². The number of hydrogen-bond acceptors (Lipinski definition) is 4. The Bertz CT molecular complexity index is 410. The largest absolute Gasteiger partial charge is 0.462 e. The Kier molecular flexibility index (Phi) is 7.14. The third kappa shape index (κ3) is 5.20. The average Bonchev–Trinajstić information content (AvgIpc) is 2.39.